The van der Waals surface area contributed by atoms with Crippen LogP contribution in [0, 0.1) is 0 Å². The molecule has 0 spiro atoms. The Kier molecular flexibility index (Phi) is 2.72. The lowest BCUT2D eigenvalue weighted by atomic mass is 10.2. The van der Waals surface area contributed by atoms with Crippen LogP contribution in [0.25, 0.3) is 11.0 Å². The van der Waals surface area contributed by atoms with Crippen LogP contribution in [-0.2, 0) is 4.79 Å². The highest BCUT2D eigenvalue weighted by Gasteiger charge is 2.03. The van der Waals surface area contributed by atoms with Gasteiger partial charge in [-0.15, -0.1) is 0 Å². The van der Waals surface area contributed by atoms with E-state index < -0.39 is 5.63 Å². The first-order chi connectivity index (χ1) is 7.69. The molecule has 0 atom stereocenters. The fraction of sp³-hybridized carbons (Fsp3) is 0.167. The molecular formula is C12H10O4. The van der Waals surface area contributed by atoms with Crippen LogP contribution in [0.4, 0.5) is 0 Å². The first-order valence-electron chi connectivity index (χ1n) is 4.93. The number of fused-ring (bicyclic) bond motifs is 1. The molecule has 1 aromatic heterocycles. The van der Waals surface area contributed by atoms with Crippen LogP contribution in [0.3, 0.4) is 0 Å². The van der Waals surface area contributed by atoms with Crippen LogP contribution < -0.4 is 10.4 Å². The third kappa shape index (κ3) is 2.11. The fourth-order valence-corrected chi connectivity index (χ4v) is 1.32. The van der Waals surface area contributed by atoms with Gasteiger partial charge in [0.1, 0.15) is 11.3 Å². The number of carbonyl (C=O) groups is 1. The first kappa shape index (κ1) is 10.4. The Morgan fingerprint density at radius 3 is 2.88 bits per heavy atom. The second-order valence-electron chi connectivity index (χ2n) is 3.28. The van der Waals surface area contributed by atoms with Gasteiger partial charge in [0.15, 0.2) is 0 Å². The molecule has 82 valence electrons. The fourth-order valence-electron chi connectivity index (χ4n) is 1.32. The van der Waals surface area contributed by atoms with Crippen molar-refractivity contribution in [2.45, 2.75) is 13.3 Å². The van der Waals surface area contributed by atoms with E-state index in [9.17, 15) is 9.59 Å². The quantitative estimate of drug-likeness (QED) is 0.440. The zero-order valence-corrected chi connectivity index (χ0v) is 8.73. The molecule has 1 heterocycles. The molecule has 0 radical (unpaired) electrons. The van der Waals surface area contributed by atoms with Crippen LogP contribution in [0.1, 0.15) is 13.3 Å². The van der Waals surface area contributed by atoms with E-state index in [0.717, 1.165) is 5.39 Å². The summed E-state index contributed by atoms with van der Waals surface area (Å²) < 4.78 is 10.00. The van der Waals surface area contributed by atoms with Gasteiger partial charge >= 0.3 is 11.6 Å². The van der Waals surface area contributed by atoms with Crippen molar-refractivity contribution in [2.24, 2.45) is 0 Å². The van der Waals surface area contributed by atoms with Gasteiger partial charge in [-0.1, -0.05) is 6.92 Å². The summed E-state index contributed by atoms with van der Waals surface area (Å²) in [6, 6.07) is 7.82. The van der Waals surface area contributed by atoms with Gasteiger partial charge in [0.25, 0.3) is 0 Å². The topological polar surface area (TPSA) is 56.5 Å². The lowest BCUT2D eigenvalue weighted by Gasteiger charge is -2.03. The number of hydrogen-bond acceptors (Lipinski definition) is 4. The van der Waals surface area contributed by atoms with E-state index in [0.29, 0.717) is 17.8 Å². The zero-order chi connectivity index (χ0) is 11.5. The average molecular weight is 218 g/mol. The largest absolute Gasteiger partial charge is 0.427 e. The number of benzene rings is 1. The number of hydrogen-bond donors (Lipinski definition) is 0. The van der Waals surface area contributed by atoms with Crippen LogP contribution in [-0.4, -0.2) is 5.97 Å². The van der Waals surface area contributed by atoms with Gasteiger partial charge in [0.05, 0.1) is 0 Å². The molecule has 0 aliphatic heterocycles. The van der Waals surface area contributed by atoms with E-state index in [2.05, 4.69) is 0 Å². The molecule has 0 fully saturated rings. The summed E-state index contributed by atoms with van der Waals surface area (Å²) in [5.74, 6) is 0.157. The Morgan fingerprint density at radius 1 is 1.31 bits per heavy atom. The monoisotopic (exact) mass is 218 g/mol. The summed E-state index contributed by atoms with van der Waals surface area (Å²) in [4.78, 5) is 22.0. The predicted molar refractivity (Wildman–Crippen MR) is 58.4 cm³/mol. The van der Waals surface area contributed by atoms with Gasteiger partial charge in [-0.3, -0.25) is 4.79 Å². The first-order valence-corrected chi connectivity index (χ1v) is 4.93. The molecule has 0 aliphatic rings. The number of esters is 1. The lowest BCUT2D eigenvalue weighted by Crippen LogP contribution is -2.05. The standard InChI is InChI=1S/C12H10O4/c1-2-11(13)15-9-4-5-10-8(7-9)3-6-12(14)16-10/h3-7H,2H2,1H3. The maximum Gasteiger partial charge on any atom is 0.336 e. The molecule has 0 saturated carbocycles. The van der Waals surface area contributed by atoms with Crippen molar-refractivity contribution in [2.75, 3.05) is 0 Å². The van der Waals surface area contributed by atoms with E-state index in [4.69, 9.17) is 9.15 Å². The van der Waals surface area contributed by atoms with E-state index >= 15 is 0 Å². The Labute approximate surface area is 91.4 Å². The molecule has 0 bridgehead atoms. The molecular weight excluding hydrogens is 208 g/mol. The van der Waals surface area contributed by atoms with Gasteiger partial charge in [-0.25, -0.2) is 4.79 Å². The summed E-state index contributed by atoms with van der Waals surface area (Å²) in [5, 5.41) is 0.723. The number of carbonyl (C=O) groups excluding carboxylic acids is 1. The molecule has 4 nitrogen and oxygen atoms in total. The molecule has 4 heteroatoms. The molecule has 1 aromatic carbocycles. The Balaban J connectivity index is 2.40. The van der Waals surface area contributed by atoms with Crippen molar-refractivity contribution >= 4 is 16.9 Å². The minimum Gasteiger partial charge on any atom is -0.427 e. The summed E-state index contributed by atoms with van der Waals surface area (Å²) in [6.07, 6.45) is 0.321. The maximum atomic E-state index is 11.1. The molecule has 2 rings (SSSR count). The maximum absolute atomic E-state index is 11.1. The van der Waals surface area contributed by atoms with Crippen molar-refractivity contribution in [3.63, 3.8) is 0 Å². The van der Waals surface area contributed by atoms with Crippen molar-refractivity contribution in [3.05, 3.63) is 40.8 Å². The highest BCUT2D eigenvalue weighted by atomic mass is 16.5. The van der Waals surface area contributed by atoms with Crippen LogP contribution in [0.5, 0.6) is 5.75 Å². The molecule has 0 N–H and O–H groups in total. The summed E-state index contributed by atoms with van der Waals surface area (Å²) >= 11 is 0. The van der Waals surface area contributed by atoms with E-state index in [-0.39, 0.29) is 5.97 Å². The third-order valence-corrected chi connectivity index (χ3v) is 2.11. The van der Waals surface area contributed by atoms with Crippen molar-refractivity contribution < 1.29 is 13.9 Å². The van der Waals surface area contributed by atoms with E-state index in [1.54, 1.807) is 31.2 Å². The summed E-state index contributed by atoms with van der Waals surface area (Å²) in [7, 11) is 0. The van der Waals surface area contributed by atoms with Crippen LogP contribution in [0.15, 0.2) is 39.5 Å². The van der Waals surface area contributed by atoms with Crippen molar-refractivity contribution in [1.29, 1.82) is 0 Å². The zero-order valence-electron chi connectivity index (χ0n) is 8.73. The molecule has 0 aliphatic carbocycles. The molecule has 0 saturated heterocycles. The highest BCUT2D eigenvalue weighted by molar-refractivity contribution is 5.79. The number of rotatable bonds is 2. The van der Waals surface area contributed by atoms with Crippen LogP contribution >= 0.6 is 0 Å². The minimum absolute atomic E-state index is 0.295. The van der Waals surface area contributed by atoms with Crippen molar-refractivity contribution in [3.8, 4) is 5.75 Å². The summed E-state index contributed by atoms with van der Waals surface area (Å²) in [5.41, 5.74) is 0.0783. The highest BCUT2D eigenvalue weighted by Crippen LogP contribution is 2.19. The van der Waals surface area contributed by atoms with Gasteiger partial charge in [-0.2, -0.15) is 0 Å². The third-order valence-electron chi connectivity index (χ3n) is 2.11. The lowest BCUT2D eigenvalue weighted by molar-refractivity contribution is -0.134. The predicted octanol–water partition coefficient (Wildman–Crippen LogP) is 2.11. The summed E-state index contributed by atoms with van der Waals surface area (Å²) in [6.45, 7) is 1.72. The van der Waals surface area contributed by atoms with Crippen molar-refractivity contribution in [1.82, 2.24) is 0 Å². The Morgan fingerprint density at radius 2 is 2.12 bits per heavy atom. The van der Waals surface area contributed by atoms with Gasteiger partial charge < -0.3 is 9.15 Å². The normalized spacial score (nSPS) is 10.3. The Bertz CT molecular complexity index is 583. The Hall–Kier alpha value is -2.10. The smallest absolute Gasteiger partial charge is 0.336 e. The second-order valence-corrected chi connectivity index (χ2v) is 3.28. The molecule has 0 amide bonds. The number of ether oxygens (including phenoxy) is 1. The van der Waals surface area contributed by atoms with Gasteiger partial charge in [0.2, 0.25) is 0 Å². The minimum atomic E-state index is -0.397. The van der Waals surface area contributed by atoms with Gasteiger partial charge in [-0.05, 0) is 24.3 Å². The molecule has 2 aromatic rings. The molecule has 16 heavy (non-hydrogen) atoms. The average Bonchev–Trinajstić information content (AvgIpc) is 2.29. The van der Waals surface area contributed by atoms with E-state index in [1.165, 1.54) is 6.07 Å². The van der Waals surface area contributed by atoms with E-state index in [1.807, 2.05) is 0 Å². The molecule has 0 unspecified atom stereocenters. The second kappa shape index (κ2) is 4.18. The van der Waals surface area contributed by atoms with Crippen LogP contribution in [0.2, 0.25) is 0 Å². The van der Waals surface area contributed by atoms with Gasteiger partial charge in [0, 0.05) is 17.9 Å². The SMILES string of the molecule is CCC(=O)Oc1ccc2oc(=O)ccc2c1.